The first-order valence-corrected chi connectivity index (χ1v) is 11.1. The van der Waals surface area contributed by atoms with Crippen molar-refractivity contribution in [3.05, 3.63) is 60.2 Å². The van der Waals surface area contributed by atoms with E-state index in [0.29, 0.717) is 31.9 Å². The van der Waals surface area contributed by atoms with Crippen LogP contribution in [-0.4, -0.2) is 49.1 Å². The van der Waals surface area contributed by atoms with Gasteiger partial charge in [-0.25, -0.2) is 0 Å². The van der Waals surface area contributed by atoms with Gasteiger partial charge in [0.25, 0.3) is 5.91 Å². The molecule has 0 unspecified atom stereocenters. The van der Waals surface area contributed by atoms with E-state index in [0.717, 1.165) is 31.4 Å². The highest BCUT2D eigenvalue weighted by molar-refractivity contribution is 5.78. The number of carbonyl (C=O) groups excluding carboxylic acids is 2. The summed E-state index contributed by atoms with van der Waals surface area (Å²) in [5.41, 5.74) is 1.27. The van der Waals surface area contributed by atoms with E-state index in [1.807, 2.05) is 59.5 Å². The van der Waals surface area contributed by atoms with Gasteiger partial charge < -0.3 is 19.7 Å². The first-order chi connectivity index (χ1) is 15.1. The molecule has 0 spiro atoms. The monoisotopic (exact) mass is 424 g/mol. The van der Waals surface area contributed by atoms with Crippen molar-refractivity contribution in [1.29, 1.82) is 0 Å². The van der Waals surface area contributed by atoms with Crippen LogP contribution in [0.1, 0.15) is 38.2 Å². The summed E-state index contributed by atoms with van der Waals surface area (Å²) >= 11 is 0. The number of rotatable bonds is 10. The predicted octanol–water partition coefficient (Wildman–Crippen LogP) is 3.59. The molecule has 3 rings (SSSR count). The standard InChI is InChI=1S/C25H32N2O4/c1-2-6-20-9-11-23(12-10-20)31-19-24(28)26-21-13-16-27(17-14-21)25(29)15-18-30-22-7-4-3-5-8-22/h3-5,7-12,21H,2,6,13-19H2,1H3,(H,26,28). The minimum atomic E-state index is -0.126. The van der Waals surface area contributed by atoms with Crippen LogP contribution in [0.5, 0.6) is 11.5 Å². The van der Waals surface area contributed by atoms with Gasteiger partial charge in [0.15, 0.2) is 6.61 Å². The van der Waals surface area contributed by atoms with Crippen LogP contribution in [0.25, 0.3) is 0 Å². The van der Waals surface area contributed by atoms with Gasteiger partial charge in [-0.3, -0.25) is 9.59 Å². The summed E-state index contributed by atoms with van der Waals surface area (Å²) in [6.45, 7) is 3.82. The van der Waals surface area contributed by atoms with Crippen LogP contribution in [0.2, 0.25) is 0 Å². The fourth-order valence-electron chi connectivity index (χ4n) is 3.66. The number of ether oxygens (including phenoxy) is 2. The molecule has 6 nitrogen and oxygen atoms in total. The third-order valence-electron chi connectivity index (χ3n) is 5.37. The zero-order chi connectivity index (χ0) is 21.9. The number of aryl methyl sites for hydroxylation is 1. The molecule has 0 bridgehead atoms. The molecule has 1 aliphatic heterocycles. The van der Waals surface area contributed by atoms with Gasteiger partial charge in [-0.1, -0.05) is 43.7 Å². The Morgan fingerprint density at radius 3 is 2.32 bits per heavy atom. The van der Waals surface area contributed by atoms with Crippen molar-refractivity contribution in [2.75, 3.05) is 26.3 Å². The maximum Gasteiger partial charge on any atom is 0.258 e. The number of nitrogens with zero attached hydrogens (tertiary/aromatic N) is 1. The number of piperidine rings is 1. The summed E-state index contributed by atoms with van der Waals surface area (Å²) in [7, 11) is 0. The van der Waals surface area contributed by atoms with Crippen molar-refractivity contribution in [3.8, 4) is 11.5 Å². The Morgan fingerprint density at radius 1 is 0.968 bits per heavy atom. The first-order valence-electron chi connectivity index (χ1n) is 11.1. The molecular weight excluding hydrogens is 392 g/mol. The highest BCUT2D eigenvalue weighted by Gasteiger charge is 2.23. The number of benzene rings is 2. The van der Waals surface area contributed by atoms with E-state index in [1.165, 1.54) is 5.56 Å². The number of carbonyl (C=O) groups is 2. The molecule has 0 aromatic heterocycles. The number of likely N-dealkylation sites (tertiary alicyclic amines) is 1. The van der Waals surface area contributed by atoms with Gasteiger partial charge in [0, 0.05) is 19.1 Å². The van der Waals surface area contributed by atoms with Gasteiger partial charge in [0.2, 0.25) is 5.91 Å². The molecule has 0 saturated carbocycles. The van der Waals surface area contributed by atoms with Gasteiger partial charge in [-0.15, -0.1) is 0 Å². The molecule has 0 aliphatic carbocycles. The topological polar surface area (TPSA) is 67.9 Å². The summed E-state index contributed by atoms with van der Waals surface area (Å²) in [5, 5.41) is 3.02. The second-order valence-electron chi connectivity index (χ2n) is 7.82. The normalized spacial score (nSPS) is 14.2. The van der Waals surface area contributed by atoms with Gasteiger partial charge in [0.1, 0.15) is 11.5 Å². The van der Waals surface area contributed by atoms with Crippen molar-refractivity contribution in [2.45, 2.75) is 45.1 Å². The molecule has 2 amide bonds. The average molecular weight is 425 g/mol. The second-order valence-corrected chi connectivity index (χ2v) is 7.82. The van der Waals surface area contributed by atoms with Gasteiger partial charge >= 0.3 is 0 Å². The first kappa shape index (κ1) is 22.7. The number of amides is 2. The second kappa shape index (κ2) is 12.0. The number of para-hydroxylation sites is 1. The molecule has 1 N–H and O–H groups in total. The number of nitrogens with one attached hydrogen (secondary N) is 1. The molecule has 1 saturated heterocycles. The van der Waals surface area contributed by atoms with E-state index in [4.69, 9.17) is 9.47 Å². The third-order valence-corrected chi connectivity index (χ3v) is 5.37. The molecule has 2 aromatic rings. The van der Waals surface area contributed by atoms with Crippen molar-refractivity contribution in [2.24, 2.45) is 0 Å². The lowest BCUT2D eigenvalue weighted by molar-refractivity contribution is -0.133. The average Bonchev–Trinajstić information content (AvgIpc) is 2.80. The van der Waals surface area contributed by atoms with E-state index >= 15 is 0 Å². The Bertz CT molecular complexity index is 815. The summed E-state index contributed by atoms with van der Waals surface area (Å²) < 4.78 is 11.2. The summed E-state index contributed by atoms with van der Waals surface area (Å²) in [6, 6.07) is 17.5. The lowest BCUT2D eigenvalue weighted by Gasteiger charge is -2.32. The van der Waals surface area contributed by atoms with E-state index in [9.17, 15) is 9.59 Å². The van der Waals surface area contributed by atoms with Crippen LogP contribution in [0, 0.1) is 0 Å². The van der Waals surface area contributed by atoms with E-state index in [2.05, 4.69) is 12.2 Å². The lowest BCUT2D eigenvalue weighted by atomic mass is 10.0. The Hall–Kier alpha value is -3.02. The van der Waals surface area contributed by atoms with Crippen LogP contribution >= 0.6 is 0 Å². The molecule has 0 atom stereocenters. The van der Waals surface area contributed by atoms with Gasteiger partial charge in [0.05, 0.1) is 13.0 Å². The van der Waals surface area contributed by atoms with Crippen LogP contribution in [-0.2, 0) is 16.0 Å². The number of hydrogen-bond acceptors (Lipinski definition) is 4. The Labute approximate surface area is 184 Å². The molecule has 1 heterocycles. The molecule has 6 heteroatoms. The quantitative estimate of drug-likeness (QED) is 0.633. The highest BCUT2D eigenvalue weighted by atomic mass is 16.5. The van der Waals surface area contributed by atoms with Crippen LogP contribution in [0.15, 0.2) is 54.6 Å². The van der Waals surface area contributed by atoms with Crippen molar-refractivity contribution in [1.82, 2.24) is 10.2 Å². The Kier molecular flexibility index (Phi) is 8.76. The van der Waals surface area contributed by atoms with Crippen LogP contribution in [0.3, 0.4) is 0 Å². The summed E-state index contributed by atoms with van der Waals surface area (Å²) in [4.78, 5) is 26.4. The zero-order valence-electron chi connectivity index (χ0n) is 18.2. The Morgan fingerprint density at radius 2 is 1.65 bits per heavy atom. The summed E-state index contributed by atoms with van der Waals surface area (Å²) in [5.74, 6) is 1.44. The fourth-order valence-corrected chi connectivity index (χ4v) is 3.66. The molecule has 1 aliphatic rings. The predicted molar refractivity (Wildman–Crippen MR) is 120 cm³/mol. The summed E-state index contributed by atoms with van der Waals surface area (Å²) in [6.07, 6.45) is 4.01. The lowest BCUT2D eigenvalue weighted by Crippen LogP contribution is -2.47. The SMILES string of the molecule is CCCc1ccc(OCC(=O)NC2CCN(C(=O)CCOc3ccccc3)CC2)cc1. The van der Waals surface area contributed by atoms with Crippen LogP contribution < -0.4 is 14.8 Å². The van der Waals surface area contributed by atoms with E-state index in [1.54, 1.807) is 0 Å². The molecule has 2 aromatic carbocycles. The maximum absolute atomic E-state index is 12.4. The van der Waals surface area contributed by atoms with Crippen LogP contribution in [0.4, 0.5) is 0 Å². The van der Waals surface area contributed by atoms with Crippen molar-refractivity contribution < 1.29 is 19.1 Å². The molecular formula is C25H32N2O4. The van der Waals surface area contributed by atoms with Gasteiger partial charge in [-0.05, 0) is 49.1 Å². The van der Waals surface area contributed by atoms with Crippen molar-refractivity contribution in [3.63, 3.8) is 0 Å². The molecule has 1 fully saturated rings. The smallest absolute Gasteiger partial charge is 0.258 e. The number of hydrogen-bond donors (Lipinski definition) is 1. The highest BCUT2D eigenvalue weighted by Crippen LogP contribution is 2.15. The molecule has 31 heavy (non-hydrogen) atoms. The molecule has 166 valence electrons. The van der Waals surface area contributed by atoms with Gasteiger partial charge in [-0.2, -0.15) is 0 Å². The molecule has 0 radical (unpaired) electrons. The van der Waals surface area contributed by atoms with E-state index in [-0.39, 0.29) is 24.5 Å². The Balaban J connectivity index is 1.31. The third kappa shape index (κ3) is 7.63. The minimum absolute atomic E-state index is 0.00307. The largest absolute Gasteiger partial charge is 0.493 e. The van der Waals surface area contributed by atoms with E-state index < -0.39 is 0 Å². The maximum atomic E-state index is 12.4. The van der Waals surface area contributed by atoms with Crippen molar-refractivity contribution >= 4 is 11.8 Å². The fraction of sp³-hybridized carbons (Fsp3) is 0.440. The zero-order valence-corrected chi connectivity index (χ0v) is 18.2. The minimum Gasteiger partial charge on any atom is -0.493 e.